The van der Waals surface area contributed by atoms with Gasteiger partial charge in [0.2, 0.25) is 5.88 Å². The Labute approximate surface area is 102 Å². The lowest BCUT2D eigenvalue weighted by atomic mass is 10.1. The molecule has 0 radical (unpaired) electrons. The minimum atomic E-state index is -0.274. The van der Waals surface area contributed by atoms with E-state index in [4.69, 9.17) is 14.2 Å². The van der Waals surface area contributed by atoms with Crippen LogP contribution >= 0.6 is 0 Å². The van der Waals surface area contributed by atoms with Crippen LogP contribution in [-0.2, 0) is 15.9 Å². The average molecular weight is 240 g/mol. The van der Waals surface area contributed by atoms with Gasteiger partial charge in [0, 0.05) is 30.9 Å². The van der Waals surface area contributed by atoms with Gasteiger partial charge < -0.3 is 14.2 Å². The highest BCUT2D eigenvalue weighted by atomic mass is 16.7. The molecule has 0 aliphatic carbocycles. The van der Waals surface area contributed by atoms with Crippen molar-refractivity contribution in [2.24, 2.45) is 0 Å². The van der Waals surface area contributed by atoms with Gasteiger partial charge in [-0.2, -0.15) is 0 Å². The zero-order valence-corrected chi connectivity index (χ0v) is 10.9. The molecule has 1 aromatic rings. The number of hydrogen-bond donors (Lipinski definition) is 0. The molecule has 0 saturated heterocycles. The van der Waals surface area contributed by atoms with E-state index in [1.165, 1.54) is 6.33 Å². The maximum Gasteiger partial charge on any atom is 0.219 e. The molecule has 0 bridgehead atoms. The molecule has 0 N–H and O–H groups in total. The van der Waals surface area contributed by atoms with E-state index in [0.717, 1.165) is 11.3 Å². The summed E-state index contributed by atoms with van der Waals surface area (Å²) in [6.07, 6.45) is 1.81. The maximum absolute atomic E-state index is 5.51. The van der Waals surface area contributed by atoms with Crippen molar-refractivity contribution in [1.29, 1.82) is 0 Å². The highest BCUT2D eigenvalue weighted by molar-refractivity contribution is 5.29. The first-order chi connectivity index (χ1) is 8.22. The van der Waals surface area contributed by atoms with Crippen LogP contribution < -0.4 is 4.74 Å². The second-order valence-electron chi connectivity index (χ2n) is 3.49. The third-order valence-electron chi connectivity index (χ3n) is 2.39. The van der Waals surface area contributed by atoms with Gasteiger partial charge in [-0.25, -0.2) is 9.97 Å². The molecule has 0 saturated carbocycles. The van der Waals surface area contributed by atoms with Crippen molar-refractivity contribution in [2.45, 2.75) is 33.5 Å². The Morgan fingerprint density at radius 1 is 1.18 bits per heavy atom. The van der Waals surface area contributed by atoms with Crippen LogP contribution in [-0.4, -0.2) is 36.6 Å². The zero-order chi connectivity index (χ0) is 12.7. The van der Waals surface area contributed by atoms with Crippen LogP contribution in [0.15, 0.2) is 6.33 Å². The Morgan fingerprint density at radius 3 is 2.35 bits per heavy atom. The van der Waals surface area contributed by atoms with Crippen molar-refractivity contribution < 1.29 is 14.2 Å². The molecule has 0 aromatic carbocycles. The summed E-state index contributed by atoms with van der Waals surface area (Å²) in [6, 6.07) is 0. The summed E-state index contributed by atoms with van der Waals surface area (Å²) in [7, 11) is 1.60. The van der Waals surface area contributed by atoms with Crippen LogP contribution in [0.4, 0.5) is 0 Å². The van der Waals surface area contributed by atoms with E-state index in [1.54, 1.807) is 7.11 Å². The van der Waals surface area contributed by atoms with Crippen molar-refractivity contribution >= 4 is 0 Å². The van der Waals surface area contributed by atoms with Crippen molar-refractivity contribution in [2.75, 3.05) is 20.3 Å². The fraction of sp³-hybridized carbons (Fsp3) is 0.667. The molecule has 96 valence electrons. The van der Waals surface area contributed by atoms with Gasteiger partial charge in [0.05, 0.1) is 7.11 Å². The van der Waals surface area contributed by atoms with Crippen LogP contribution in [0.3, 0.4) is 0 Å². The molecular weight excluding hydrogens is 220 g/mol. The van der Waals surface area contributed by atoms with Gasteiger partial charge in [-0.1, -0.05) is 0 Å². The van der Waals surface area contributed by atoms with E-state index in [1.807, 2.05) is 20.8 Å². The smallest absolute Gasteiger partial charge is 0.219 e. The summed E-state index contributed by atoms with van der Waals surface area (Å²) < 4.78 is 16.2. The zero-order valence-electron chi connectivity index (χ0n) is 10.9. The van der Waals surface area contributed by atoms with E-state index in [0.29, 0.717) is 25.5 Å². The van der Waals surface area contributed by atoms with E-state index in [-0.39, 0.29) is 6.29 Å². The minimum absolute atomic E-state index is 0.274. The van der Waals surface area contributed by atoms with Crippen LogP contribution in [0.1, 0.15) is 25.1 Å². The Hall–Kier alpha value is -1.20. The average Bonchev–Trinajstić information content (AvgIpc) is 2.32. The largest absolute Gasteiger partial charge is 0.481 e. The quantitative estimate of drug-likeness (QED) is 0.679. The van der Waals surface area contributed by atoms with Crippen molar-refractivity contribution in [1.82, 2.24) is 9.97 Å². The van der Waals surface area contributed by atoms with Crippen LogP contribution in [0, 0.1) is 6.92 Å². The Morgan fingerprint density at radius 2 is 1.82 bits per heavy atom. The molecule has 1 heterocycles. The molecule has 5 heteroatoms. The number of nitrogens with zero attached hydrogens (tertiary/aromatic N) is 2. The second kappa shape index (κ2) is 7.19. The summed E-state index contributed by atoms with van der Waals surface area (Å²) in [5, 5.41) is 0. The standard InChI is InChI=1S/C12H20N2O3/c1-5-16-11(17-6-2)7-10-9(3)13-8-14-12(10)15-4/h8,11H,5-7H2,1-4H3. The van der Waals surface area contributed by atoms with Gasteiger partial charge in [-0.15, -0.1) is 0 Å². The highest BCUT2D eigenvalue weighted by Crippen LogP contribution is 2.20. The van der Waals surface area contributed by atoms with Gasteiger partial charge in [0.25, 0.3) is 0 Å². The second-order valence-corrected chi connectivity index (χ2v) is 3.49. The summed E-state index contributed by atoms with van der Waals surface area (Å²) in [4.78, 5) is 8.25. The molecule has 0 unspecified atom stereocenters. The maximum atomic E-state index is 5.51. The molecule has 1 rings (SSSR count). The van der Waals surface area contributed by atoms with Crippen LogP contribution in [0.2, 0.25) is 0 Å². The van der Waals surface area contributed by atoms with Gasteiger partial charge in [0.1, 0.15) is 6.33 Å². The molecule has 0 fully saturated rings. The third kappa shape index (κ3) is 3.94. The van der Waals surface area contributed by atoms with E-state index in [2.05, 4.69) is 9.97 Å². The Bertz CT molecular complexity index is 339. The van der Waals surface area contributed by atoms with Gasteiger partial charge in [0.15, 0.2) is 6.29 Å². The predicted octanol–water partition coefficient (Wildman–Crippen LogP) is 1.74. The summed E-state index contributed by atoms with van der Waals surface area (Å²) in [5.41, 5.74) is 1.82. The van der Waals surface area contributed by atoms with Crippen molar-refractivity contribution in [3.05, 3.63) is 17.6 Å². The monoisotopic (exact) mass is 240 g/mol. The summed E-state index contributed by atoms with van der Waals surface area (Å²) in [5.74, 6) is 0.585. The minimum Gasteiger partial charge on any atom is -0.481 e. The lowest BCUT2D eigenvalue weighted by molar-refractivity contribution is -0.134. The molecule has 17 heavy (non-hydrogen) atoms. The normalized spacial score (nSPS) is 10.9. The molecule has 5 nitrogen and oxygen atoms in total. The summed E-state index contributed by atoms with van der Waals surface area (Å²) >= 11 is 0. The van der Waals surface area contributed by atoms with E-state index < -0.39 is 0 Å². The number of ether oxygens (including phenoxy) is 3. The van der Waals surface area contributed by atoms with Crippen LogP contribution in [0.5, 0.6) is 5.88 Å². The molecule has 0 atom stereocenters. The highest BCUT2D eigenvalue weighted by Gasteiger charge is 2.16. The van der Waals surface area contributed by atoms with Gasteiger partial charge in [-0.3, -0.25) is 0 Å². The SMILES string of the molecule is CCOC(Cc1c(C)ncnc1OC)OCC. The van der Waals surface area contributed by atoms with Crippen molar-refractivity contribution in [3.63, 3.8) is 0 Å². The fourth-order valence-corrected chi connectivity index (χ4v) is 1.59. The molecule has 1 aromatic heterocycles. The number of aromatic nitrogens is 2. The first-order valence-corrected chi connectivity index (χ1v) is 5.80. The first kappa shape index (κ1) is 13.9. The van der Waals surface area contributed by atoms with Crippen LogP contribution in [0.25, 0.3) is 0 Å². The van der Waals surface area contributed by atoms with Gasteiger partial charge >= 0.3 is 0 Å². The predicted molar refractivity (Wildman–Crippen MR) is 64.1 cm³/mol. The van der Waals surface area contributed by atoms with E-state index >= 15 is 0 Å². The number of rotatable bonds is 7. The van der Waals surface area contributed by atoms with Gasteiger partial charge in [-0.05, 0) is 20.8 Å². The number of hydrogen-bond acceptors (Lipinski definition) is 5. The lowest BCUT2D eigenvalue weighted by Gasteiger charge is -2.18. The molecule has 0 amide bonds. The Kier molecular flexibility index (Phi) is 5.86. The topological polar surface area (TPSA) is 53.5 Å². The summed E-state index contributed by atoms with van der Waals surface area (Å²) in [6.45, 7) is 7.03. The molecular formula is C12H20N2O3. The molecule has 0 aliphatic rings. The van der Waals surface area contributed by atoms with Crippen molar-refractivity contribution in [3.8, 4) is 5.88 Å². The van der Waals surface area contributed by atoms with E-state index in [9.17, 15) is 0 Å². The third-order valence-corrected chi connectivity index (χ3v) is 2.39. The fourth-order valence-electron chi connectivity index (χ4n) is 1.59. The first-order valence-electron chi connectivity index (χ1n) is 5.80. The number of aryl methyl sites for hydroxylation is 1. The molecule has 0 spiro atoms. The lowest BCUT2D eigenvalue weighted by Crippen LogP contribution is -2.21. The molecule has 0 aliphatic heterocycles. The Balaban J connectivity index is 2.83. The number of methoxy groups -OCH3 is 1.